The molecule has 5 heteroatoms. The van der Waals surface area contributed by atoms with Crippen molar-refractivity contribution in [3.05, 3.63) is 59.7 Å². The van der Waals surface area contributed by atoms with Gasteiger partial charge in [0.25, 0.3) is 0 Å². The van der Waals surface area contributed by atoms with Gasteiger partial charge in [0.1, 0.15) is 5.66 Å². The van der Waals surface area contributed by atoms with E-state index in [0.29, 0.717) is 11.1 Å². The standard InChI is InChI=1S/C13H12Cl2N2O/c14-12(15)8-10(6-7-13(12,16)17)11(18)9-4-2-1-3-5-9/h1-8H,16-17H2. The molecule has 1 aliphatic carbocycles. The maximum absolute atomic E-state index is 12.2. The smallest absolute Gasteiger partial charge is 0.192 e. The monoisotopic (exact) mass is 282 g/mol. The van der Waals surface area contributed by atoms with Gasteiger partial charge in [0, 0.05) is 11.1 Å². The predicted molar refractivity (Wildman–Crippen MR) is 73.5 cm³/mol. The SMILES string of the molecule is NC1(N)C=CC(C(=O)c2ccccc2)=CC1(Cl)Cl. The van der Waals surface area contributed by atoms with Gasteiger partial charge in [-0.25, -0.2) is 0 Å². The molecule has 0 bridgehead atoms. The number of hydrogen-bond donors (Lipinski definition) is 2. The molecular weight excluding hydrogens is 271 g/mol. The maximum Gasteiger partial charge on any atom is 0.192 e. The molecule has 0 unspecified atom stereocenters. The van der Waals surface area contributed by atoms with Gasteiger partial charge in [-0.2, -0.15) is 0 Å². The Morgan fingerprint density at radius 2 is 1.72 bits per heavy atom. The van der Waals surface area contributed by atoms with Gasteiger partial charge in [0.05, 0.1) is 0 Å². The van der Waals surface area contributed by atoms with Gasteiger partial charge in [-0.05, 0) is 12.2 Å². The summed E-state index contributed by atoms with van der Waals surface area (Å²) in [5, 5.41) is 0. The third kappa shape index (κ3) is 2.35. The Morgan fingerprint density at radius 1 is 1.11 bits per heavy atom. The number of nitrogens with two attached hydrogens (primary N) is 2. The number of Topliss-reactive ketones (excluding diaryl/α,β-unsaturated/α-hetero) is 1. The van der Waals surface area contributed by atoms with Gasteiger partial charge >= 0.3 is 0 Å². The molecule has 0 fully saturated rings. The zero-order chi connectivity index (χ0) is 13.4. The van der Waals surface area contributed by atoms with Crippen LogP contribution in [0.25, 0.3) is 0 Å². The van der Waals surface area contributed by atoms with E-state index in [0.717, 1.165) is 0 Å². The summed E-state index contributed by atoms with van der Waals surface area (Å²) in [4.78, 5) is 12.2. The van der Waals surface area contributed by atoms with Crippen LogP contribution in [0, 0.1) is 0 Å². The summed E-state index contributed by atoms with van der Waals surface area (Å²) in [6.07, 6.45) is 4.35. The molecule has 0 radical (unpaired) electrons. The van der Waals surface area contributed by atoms with Gasteiger partial charge in [-0.15, -0.1) is 0 Å². The first-order chi connectivity index (χ1) is 8.33. The molecule has 1 aromatic carbocycles. The summed E-state index contributed by atoms with van der Waals surface area (Å²) in [6, 6.07) is 8.83. The summed E-state index contributed by atoms with van der Waals surface area (Å²) < 4.78 is -1.51. The molecule has 0 spiro atoms. The Bertz CT molecular complexity index is 533. The average molecular weight is 283 g/mol. The third-order valence-corrected chi connectivity index (χ3v) is 3.62. The second-order valence-electron chi connectivity index (χ2n) is 4.18. The normalized spacial score (nSPS) is 20.3. The Labute approximate surface area is 115 Å². The number of ketones is 1. The predicted octanol–water partition coefficient (Wildman–Crippen LogP) is 2.15. The molecule has 0 saturated heterocycles. The Hall–Kier alpha value is -1.13. The van der Waals surface area contributed by atoms with E-state index in [2.05, 4.69) is 0 Å². The number of benzene rings is 1. The molecule has 18 heavy (non-hydrogen) atoms. The molecule has 0 heterocycles. The molecule has 0 saturated carbocycles. The van der Waals surface area contributed by atoms with Gasteiger partial charge in [-0.3, -0.25) is 4.79 Å². The topological polar surface area (TPSA) is 69.1 Å². The zero-order valence-electron chi connectivity index (χ0n) is 9.44. The number of carbonyl (C=O) groups excluding carboxylic acids is 1. The van der Waals surface area contributed by atoms with E-state index in [1.54, 1.807) is 30.3 Å². The highest BCUT2D eigenvalue weighted by Crippen LogP contribution is 2.36. The minimum atomic E-state index is -1.51. The van der Waals surface area contributed by atoms with E-state index in [-0.39, 0.29) is 5.78 Å². The minimum Gasteiger partial charge on any atom is -0.307 e. The lowest BCUT2D eigenvalue weighted by atomic mass is 9.93. The molecule has 3 nitrogen and oxygen atoms in total. The van der Waals surface area contributed by atoms with Gasteiger partial charge in [0.15, 0.2) is 10.1 Å². The molecular formula is C13H12Cl2N2O. The number of hydrogen-bond acceptors (Lipinski definition) is 3. The zero-order valence-corrected chi connectivity index (χ0v) is 10.9. The van der Waals surface area contributed by atoms with Crippen molar-refractivity contribution in [3.63, 3.8) is 0 Å². The van der Waals surface area contributed by atoms with Crippen LogP contribution in [-0.2, 0) is 0 Å². The van der Waals surface area contributed by atoms with Crippen molar-refractivity contribution in [3.8, 4) is 0 Å². The van der Waals surface area contributed by atoms with Crippen LogP contribution in [0.4, 0.5) is 0 Å². The van der Waals surface area contributed by atoms with Crippen LogP contribution in [0.2, 0.25) is 0 Å². The third-order valence-electron chi connectivity index (χ3n) is 2.75. The van der Waals surface area contributed by atoms with Crippen molar-refractivity contribution in [1.29, 1.82) is 0 Å². The summed E-state index contributed by atoms with van der Waals surface area (Å²) in [5.41, 5.74) is 11.0. The van der Waals surface area contributed by atoms with Gasteiger partial charge in [0.2, 0.25) is 0 Å². The molecule has 0 aliphatic heterocycles. The van der Waals surface area contributed by atoms with Gasteiger partial charge in [-0.1, -0.05) is 59.6 Å². The molecule has 1 aliphatic rings. The highest BCUT2D eigenvalue weighted by atomic mass is 35.5. The number of rotatable bonds is 2. The van der Waals surface area contributed by atoms with Crippen LogP contribution >= 0.6 is 23.2 Å². The van der Waals surface area contributed by atoms with E-state index >= 15 is 0 Å². The molecule has 4 N–H and O–H groups in total. The Balaban J connectivity index is 2.35. The molecule has 1 aromatic rings. The molecule has 0 atom stereocenters. The van der Waals surface area contributed by atoms with Crippen LogP contribution in [0.15, 0.2) is 54.1 Å². The number of carbonyl (C=O) groups is 1. The quantitative estimate of drug-likeness (QED) is 0.496. The highest BCUT2D eigenvalue weighted by Gasteiger charge is 2.43. The van der Waals surface area contributed by atoms with Crippen molar-refractivity contribution in [2.75, 3.05) is 0 Å². The number of allylic oxidation sites excluding steroid dienone is 2. The maximum atomic E-state index is 12.2. The summed E-state index contributed by atoms with van der Waals surface area (Å²) in [7, 11) is 0. The molecule has 94 valence electrons. The summed E-state index contributed by atoms with van der Waals surface area (Å²) >= 11 is 12.1. The second kappa shape index (κ2) is 4.52. The minimum absolute atomic E-state index is 0.173. The van der Waals surface area contributed by atoms with E-state index in [4.69, 9.17) is 34.7 Å². The fourth-order valence-electron chi connectivity index (χ4n) is 1.60. The first kappa shape index (κ1) is 13.3. The van der Waals surface area contributed by atoms with Crippen molar-refractivity contribution in [2.24, 2.45) is 11.5 Å². The van der Waals surface area contributed by atoms with Gasteiger partial charge < -0.3 is 11.5 Å². The molecule has 0 aromatic heterocycles. The lowest BCUT2D eigenvalue weighted by Gasteiger charge is -2.34. The van der Waals surface area contributed by atoms with Crippen molar-refractivity contribution in [2.45, 2.75) is 10.00 Å². The van der Waals surface area contributed by atoms with Crippen molar-refractivity contribution in [1.82, 2.24) is 0 Å². The van der Waals surface area contributed by atoms with Crippen LogP contribution in [-0.4, -0.2) is 15.8 Å². The summed E-state index contributed by atoms with van der Waals surface area (Å²) in [6.45, 7) is 0. The molecule has 2 rings (SSSR count). The largest absolute Gasteiger partial charge is 0.307 e. The van der Waals surface area contributed by atoms with E-state index in [1.165, 1.54) is 12.2 Å². The lowest BCUT2D eigenvalue weighted by molar-refractivity contribution is 0.103. The first-order valence-electron chi connectivity index (χ1n) is 5.31. The second-order valence-corrected chi connectivity index (χ2v) is 5.57. The van der Waals surface area contributed by atoms with Crippen LogP contribution < -0.4 is 11.5 Å². The van der Waals surface area contributed by atoms with E-state index in [1.807, 2.05) is 6.07 Å². The van der Waals surface area contributed by atoms with E-state index < -0.39 is 10.00 Å². The highest BCUT2D eigenvalue weighted by molar-refractivity contribution is 6.51. The number of halogens is 2. The van der Waals surface area contributed by atoms with Crippen LogP contribution in [0.3, 0.4) is 0 Å². The van der Waals surface area contributed by atoms with Crippen molar-refractivity contribution >= 4 is 29.0 Å². The fourth-order valence-corrected chi connectivity index (χ4v) is 1.97. The number of alkyl halides is 2. The first-order valence-corrected chi connectivity index (χ1v) is 6.06. The Morgan fingerprint density at radius 3 is 2.28 bits per heavy atom. The van der Waals surface area contributed by atoms with E-state index in [9.17, 15) is 4.79 Å². The van der Waals surface area contributed by atoms with Crippen LogP contribution in [0.1, 0.15) is 10.4 Å². The summed E-state index contributed by atoms with van der Waals surface area (Å²) in [5.74, 6) is -0.173. The van der Waals surface area contributed by atoms with Crippen LogP contribution in [0.5, 0.6) is 0 Å². The Kier molecular flexibility index (Phi) is 3.34. The van der Waals surface area contributed by atoms with Crippen molar-refractivity contribution < 1.29 is 4.79 Å². The fraction of sp³-hybridized carbons (Fsp3) is 0.154. The lowest BCUT2D eigenvalue weighted by Crippen LogP contribution is -2.60. The molecule has 0 amide bonds. The average Bonchev–Trinajstić information content (AvgIpc) is 2.33.